The van der Waals surface area contributed by atoms with Gasteiger partial charge in [0.1, 0.15) is 6.04 Å². The van der Waals surface area contributed by atoms with E-state index < -0.39 is 6.04 Å². The van der Waals surface area contributed by atoms with Crippen LogP contribution >= 0.6 is 0 Å². The van der Waals surface area contributed by atoms with E-state index in [9.17, 15) is 14.4 Å². The largest absolute Gasteiger partial charge is 0.354 e. The second kappa shape index (κ2) is 11.0. The lowest BCUT2D eigenvalue weighted by molar-refractivity contribution is -0.133. The molecule has 1 saturated heterocycles. The Bertz CT molecular complexity index is 709. The maximum absolute atomic E-state index is 12.8. The van der Waals surface area contributed by atoms with E-state index in [0.29, 0.717) is 50.4 Å². The fourth-order valence-corrected chi connectivity index (χ4v) is 3.73. The van der Waals surface area contributed by atoms with Crippen LogP contribution in [0.4, 0.5) is 0 Å². The van der Waals surface area contributed by atoms with E-state index in [-0.39, 0.29) is 23.6 Å². The molecule has 2 N–H and O–H groups in total. The van der Waals surface area contributed by atoms with Crippen LogP contribution in [0.3, 0.4) is 0 Å². The number of nitrogens with one attached hydrogen (secondary N) is 2. The molecule has 0 aliphatic carbocycles. The quantitative estimate of drug-likeness (QED) is 0.703. The summed E-state index contributed by atoms with van der Waals surface area (Å²) >= 11 is 0. The minimum atomic E-state index is -0.586. The van der Waals surface area contributed by atoms with Crippen molar-refractivity contribution in [1.82, 2.24) is 15.5 Å². The predicted molar refractivity (Wildman–Crippen MR) is 114 cm³/mol. The highest BCUT2D eigenvalue weighted by Gasteiger charge is 2.33. The topological polar surface area (TPSA) is 78.5 Å². The van der Waals surface area contributed by atoms with Crippen LogP contribution in [0.1, 0.15) is 62.4 Å². The fourth-order valence-electron chi connectivity index (χ4n) is 3.73. The van der Waals surface area contributed by atoms with E-state index >= 15 is 0 Å². The molecule has 0 aromatic heterocycles. The first-order chi connectivity index (χ1) is 13.8. The number of amides is 3. The van der Waals surface area contributed by atoms with Gasteiger partial charge in [-0.2, -0.15) is 0 Å². The summed E-state index contributed by atoms with van der Waals surface area (Å²) in [5.74, 6) is 0.155. The molecule has 1 fully saturated rings. The number of aryl methyl sites for hydroxylation is 1. The number of likely N-dealkylation sites (tertiary alicyclic amines) is 1. The molecule has 6 nitrogen and oxygen atoms in total. The monoisotopic (exact) mass is 401 g/mol. The Morgan fingerprint density at radius 2 is 1.86 bits per heavy atom. The van der Waals surface area contributed by atoms with Crippen LogP contribution in [0.25, 0.3) is 0 Å². The highest BCUT2D eigenvalue weighted by Crippen LogP contribution is 2.23. The molecule has 1 atom stereocenters. The van der Waals surface area contributed by atoms with Crippen molar-refractivity contribution < 1.29 is 14.4 Å². The average Bonchev–Trinajstić information content (AvgIpc) is 2.69. The van der Waals surface area contributed by atoms with E-state index in [4.69, 9.17) is 0 Å². The molecule has 1 aromatic carbocycles. The van der Waals surface area contributed by atoms with Crippen molar-refractivity contribution in [2.75, 3.05) is 19.6 Å². The van der Waals surface area contributed by atoms with Crippen LogP contribution < -0.4 is 10.6 Å². The van der Waals surface area contributed by atoms with Gasteiger partial charge in [-0.05, 0) is 50.2 Å². The number of piperidine rings is 1. The molecule has 6 heteroatoms. The average molecular weight is 402 g/mol. The lowest BCUT2D eigenvalue weighted by Gasteiger charge is -2.36. The molecule has 1 aliphatic rings. The number of carbonyl (C=O) groups excluding carboxylic acids is 3. The predicted octanol–water partition coefficient (Wildman–Crippen LogP) is 2.90. The van der Waals surface area contributed by atoms with Gasteiger partial charge in [-0.3, -0.25) is 14.4 Å². The molecule has 2 rings (SSSR count). The maximum Gasteiger partial charge on any atom is 0.251 e. The first-order valence-electron chi connectivity index (χ1n) is 10.7. The number of hydrogen-bond acceptors (Lipinski definition) is 3. The molecule has 1 heterocycles. The number of hydrogen-bond donors (Lipinski definition) is 2. The molecule has 1 aliphatic heterocycles. The normalized spacial score (nSPS) is 15.8. The van der Waals surface area contributed by atoms with Crippen molar-refractivity contribution in [3.63, 3.8) is 0 Å². The minimum absolute atomic E-state index is 0.0173. The molecule has 0 radical (unpaired) electrons. The summed E-state index contributed by atoms with van der Waals surface area (Å²) in [4.78, 5) is 39.8. The number of carbonyl (C=O) groups is 3. The van der Waals surface area contributed by atoms with Crippen molar-refractivity contribution in [2.45, 2.75) is 59.4 Å². The zero-order chi connectivity index (χ0) is 21.4. The summed E-state index contributed by atoms with van der Waals surface area (Å²) in [6.45, 7) is 9.87. The van der Waals surface area contributed by atoms with Gasteiger partial charge in [-0.1, -0.05) is 38.5 Å². The molecule has 0 spiro atoms. The second-order valence-corrected chi connectivity index (χ2v) is 8.43. The van der Waals surface area contributed by atoms with Gasteiger partial charge in [0.2, 0.25) is 11.8 Å². The number of rotatable bonds is 8. The lowest BCUT2D eigenvalue weighted by Crippen LogP contribution is -2.54. The summed E-state index contributed by atoms with van der Waals surface area (Å²) in [6, 6.07) is 6.78. The van der Waals surface area contributed by atoms with Gasteiger partial charge >= 0.3 is 0 Å². The highest BCUT2D eigenvalue weighted by atomic mass is 16.2. The summed E-state index contributed by atoms with van der Waals surface area (Å²) in [5, 5.41) is 5.88. The molecule has 0 bridgehead atoms. The first kappa shape index (κ1) is 22.9. The van der Waals surface area contributed by atoms with Gasteiger partial charge < -0.3 is 15.5 Å². The lowest BCUT2D eigenvalue weighted by atomic mass is 9.88. The second-order valence-electron chi connectivity index (χ2n) is 8.43. The third kappa shape index (κ3) is 6.87. The number of nitrogens with zero attached hydrogens (tertiary/aromatic N) is 1. The van der Waals surface area contributed by atoms with Crippen LogP contribution in [0.15, 0.2) is 24.3 Å². The SMILES string of the molecule is CCCNC(=O)[C@H](NC(=O)c1cccc(C)c1)C1CCN(C(=O)CC(C)C)CC1. The Morgan fingerprint density at radius 3 is 2.45 bits per heavy atom. The zero-order valence-corrected chi connectivity index (χ0v) is 18.2. The smallest absolute Gasteiger partial charge is 0.251 e. The van der Waals surface area contributed by atoms with Gasteiger partial charge in [0.25, 0.3) is 5.91 Å². The van der Waals surface area contributed by atoms with Gasteiger partial charge in [0.15, 0.2) is 0 Å². The highest BCUT2D eigenvalue weighted by molar-refractivity contribution is 5.97. The van der Waals surface area contributed by atoms with E-state index in [1.54, 1.807) is 6.07 Å². The molecule has 160 valence electrons. The van der Waals surface area contributed by atoms with E-state index in [1.165, 1.54) is 0 Å². The van der Waals surface area contributed by atoms with Crippen molar-refractivity contribution in [1.29, 1.82) is 0 Å². The van der Waals surface area contributed by atoms with Crippen LogP contribution in [0, 0.1) is 18.8 Å². The minimum Gasteiger partial charge on any atom is -0.354 e. The Labute approximate surface area is 174 Å². The standard InChI is InChI=1S/C23H35N3O3/c1-5-11-24-23(29)21(25-22(28)19-8-6-7-17(4)15-19)18-9-12-26(13-10-18)20(27)14-16(2)3/h6-8,15-16,18,21H,5,9-14H2,1-4H3,(H,24,29)(H,25,28)/t21-/m1/s1. The van der Waals surface area contributed by atoms with Crippen LogP contribution in [-0.2, 0) is 9.59 Å². The van der Waals surface area contributed by atoms with Crippen molar-refractivity contribution in [3.05, 3.63) is 35.4 Å². The first-order valence-corrected chi connectivity index (χ1v) is 10.7. The Balaban J connectivity index is 2.05. The Morgan fingerprint density at radius 1 is 1.17 bits per heavy atom. The van der Waals surface area contributed by atoms with Gasteiger partial charge in [-0.15, -0.1) is 0 Å². The molecule has 0 unspecified atom stereocenters. The van der Waals surface area contributed by atoms with E-state index in [0.717, 1.165) is 12.0 Å². The summed E-state index contributed by atoms with van der Waals surface area (Å²) in [5.41, 5.74) is 1.56. The van der Waals surface area contributed by atoms with Crippen molar-refractivity contribution >= 4 is 17.7 Å². The van der Waals surface area contributed by atoms with Gasteiger partial charge in [0.05, 0.1) is 0 Å². The molecule has 3 amide bonds. The van der Waals surface area contributed by atoms with E-state index in [1.807, 2.05) is 50.8 Å². The van der Waals surface area contributed by atoms with Crippen molar-refractivity contribution in [2.24, 2.45) is 11.8 Å². The molecular weight excluding hydrogens is 366 g/mol. The third-order valence-electron chi connectivity index (χ3n) is 5.35. The molecule has 1 aromatic rings. The van der Waals surface area contributed by atoms with Crippen LogP contribution in [-0.4, -0.2) is 48.3 Å². The Kier molecular flexibility index (Phi) is 8.68. The summed E-state index contributed by atoms with van der Waals surface area (Å²) in [7, 11) is 0. The summed E-state index contributed by atoms with van der Waals surface area (Å²) < 4.78 is 0. The van der Waals surface area contributed by atoms with Crippen LogP contribution in [0.5, 0.6) is 0 Å². The van der Waals surface area contributed by atoms with Gasteiger partial charge in [-0.25, -0.2) is 0 Å². The third-order valence-corrected chi connectivity index (χ3v) is 5.35. The molecular formula is C23H35N3O3. The van der Waals surface area contributed by atoms with Crippen LogP contribution in [0.2, 0.25) is 0 Å². The van der Waals surface area contributed by atoms with Gasteiger partial charge in [0, 0.05) is 31.6 Å². The Hall–Kier alpha value is -2.37. The maximum atomic E-state index is 12.8. The molecule has 29 heavy (non-hydrogen) atoms. The number of benzene rings is 1. The molecule has 0 saturated carbocycles. The zero-order valence-electron chi connectivity index (χ0n) is 18.2. The fraction of sp³-hybridized carbons (Fsp3) is 0.609. The van der Waals surface area contributed by atoms with Crippen molar-refractivity contribution in [3.8, 4) is 0 Å². The summed E-state index contributed by atoms with van der Waals surface area (Å²) in [6.07, 6.45) is 2.81. The van der Waals surface area contributed by atoms with E-state index in [2.05, 4.69) is 10.6 Å².